The highest BCUT2D eigenvalue weighted by Gasteiger charge is 2.08. The van der Waals surface area contributed by atoms with Gasteiger partial charge < -0.3 is 0 Å². The second-order valence-corrected chi connectivity index (χ2v) is 4.19. The van der Waals surface area contributed by atoms with Crippen molar-refractivity contribution in [2.24, 2.45) is 11.1 Å². The summed E-state index contributed by atoms with van der Waals surface area (Å²) in [5.41, 5.74) is 0. The highest BCUT2D eigenvalue weighted by Crippen LogP contribution is 2.14. The molecule has 0 saturated carbocycles. The summed E-state index contributed by atoms with van der Waals surface area (Å²) in [5.74, 6) is 0.272. The molecule has 2 nitrogen and oxygen atoms in total. The maximum absolute atomic E-state index is 10.4. The van der Waals surface area contributed by atoms with Crippen LogP contribution >= 0.6 is 11.3 Å². The molecule has 1 rings (SSSR count). The van der Waals surface area contributed by atoms with E-state index in [1.807, 2.05) is 43.5 Å². The molecule has 0 bridgehead atoms. The molecule has 1 aromatic rings. The quantitative estimate of drug-likeness (QED) is 0.675. The van der Waals surface area contributed by atoms with Gasteiger partial charge in [0.2, 0.25) is 0 Å². The van der Waals surface area contributed by atoms with Crippen LogP contribution in [0.4, 0.5) is 0 Å². The molecule has 1 atom stereocenters. The summed E-state index contributed by atoms with van der Waals surface area (Å²) in [7, 11) is 0. The molecule has 0 aliphatic carbocycles. The van der Waals surface area contributed by atoms with Crippen LogP contribution in [0, 0.1) is 10.8 Å². The second kappa shape index (κ2) is 4.92. The van der Waals surface area contributed by atoms with E-state index in [2.05, 4.69) is 5.18 Å². The Morgan fingerprint density at radius 3 is 2.77 bits per heavy atom. The third-order valence-corrected chi connectivity index (χ3v) is 2.64. The maximum atomic E-state index is 10.4. The van der Waals surface area contributed by atoms with Gasteiger partial charge in [0.25, 0.3) is 0 Å². The molecule has 1 aromatic heterocycles. The van der Waals surface area contributed by atoms with Crippen LogP contribution in [0.3, 0.4) is 0 Å². The van der Waals surface area contributed by atoms with Crippen LogP contribution in [-0.2, 0) is 0 Å². The topological polar surface area (TPSA) is 29.4 Å². The van der Waals surface area contributed by atoms with Crippen molar-refractivity contribution in [2.75, 3.05) is 0 Å². The third-order valence-electron chi connectivity index (χ3n) is 1.81. The van der Waals surface area contributed by atoms with E-state index in [1.54, 1.807) is 11.3 Å². The Morgan fingerprint density at radius 2 is 2.31 bits per heavy atom. The van der Waals surface area contributed by atoms with Gasteiger partial charge in [-0.1, -0.05) is 31.2 Å². The van der Waals surface area contributed by atoms with Crippen LogP contribution in [0.1, 0.15) is 18.7 Å². The van der Waals surface area contributed by atoms with Crippen molar-refractivity contribution in [3.63, 3.8) is 0 Å². The molecule has 0 amide bonds. The summed E-state index contributed by atoms with van der Waals surface area (Å²) in [4.78, 5) is 11.6. The van der Waals surface area contributed by atoms with E-state index >= 15 is 0 Å². The van der Waals surface area contributed by atoms with Crippen molar-refractivity contribution in [2.45, 2.75) is 19.9 Å². The summed E-state index contributed by atoms with van der Waals surface area (Å²) < 4.78 is 0. The zero-order valence-corrected chi connectivity index (χ0v) is 8.62. The average Bonchev–Trinajstić information content (AvgIpc) is 2.57. The normalized spacial score (nSPS) is 13.8. The fraction of sp³-hybridized carbons (Fsp3) is 0.400. The van der Waals surface area contributed by atoms with Gasteiger partial charge in [0.1, 0.15) is 6.04 Å². The molecule has 0 aromatic carbocycles. The molecule has 0 aliphatic heterocycles. The molecule has 0 aliphatic rings. The Morgan fingerprint density at radius 1 is 1.54 bits per heavy atom. The lowest BCUT2D eigenvalue weighted by Crippen LogP contribution is -2.07. The van der Waals surface area contributed by atoms with E-state index in [4.69, 9.17) is 0 Å². The molecule has 1 unspecified atom stereocenters. The van der Waals surface area contributed by atoms with E-state index in [9.17, 15) is 4.91 Å². The molecular formula is C10H13NOS. The Balaban J connectivity index is 2.60. The molecule has 0 N–H and O–H groups in total. The maximum Gasteiger partial charge on any atom is 0.113 e. The van der Waals surface area contributed by atoms with Gasteiger partial charge >= 0.3 is 0 Å². The highest BCUT2D eigenvalue weighted by molar-refractivity contribution is 7.10. The van der Waals surface area contributed by atoms with Crippen molar-refractivity contribution >= 4 is 17.4 Å². The van der Waals surface area contributed by atoms with Crippen LogP contribution in [-0.4, -0.2) is 6.04 Å². The fourth-order valence-electron chi connectivity index (χ4n) is 0.959. The first-order valence-corrected chi connectivity index (χ1v) is 5.16. The first kappa shape index (κ1) is 10.1. The van der Waals surface area contributed by atoms with Gasteiger partial charge in [0.05, 0.1) is 0 Å². The Hall–Kier alpha value is -0.960. The predicted molar refractivity (Wildman–Crippen MR) is 57.8 cm³/mol. The standard InChI is InChI=1S/C10H13NOS/c1-8(2)10(11-12)6-5-9-4-3-7-13-9/h3-8,10H,1-2H3. The number of thiophene rings is 1. The number of hydrogen-bond acceptors (Lipinski definition) is 3. The Kier molecular flexibility index (Phi) is 3.83. The van der Waals surface area contributed by atoms with E-state index in [-0.39, 0.29) is 12.0 Å². The van der Waals surface area contributed by atoms with Crippen LogP contribution in [0.25, 0.3) is 6.08 Å². The van der Waals surface area contributed by atoms with Crippen molar-refractivity contribution in [1.29, 1.82) is 0 Å². The minimum Gasteiger partial charge on any atom is -0.150 e. The van der Waals surface area contributed by atoms with Crippen LogP contribution in [0.5, 0.6) is 0 Å². The van der Waals surface area contributed by atoms with Gasteiger partial charge in [0.15, 0.2) is 0 Å². The fourth-order valence-corrected chi connectivity index (χ4v) is 1.59. The lowest BCUT2D eigenvalue weighted by Gasteiger charge is -2.05. The van der Waals surface area contributed by atoms with Crippen molar-refractivity contribution in [3.8, 4) is 0 Å². The van der Waals surface area contributed by atoms with E-state index in [0.717, 1.165) is 4.88 Å². The van der Waals surface area contributed by atoms with Crippen LogP contribution in [0.15, 0.2) is 28.8 Å². The predicted octanol–water partition coefficient (Wildman–Crippen LogP) is 3.55. The van der Waals surface area contributed by atoms with Gasteiger partial charge in [-0.05, 0) is 23.4 Å². The molecule has 0 radical (unpaired) electrons. The average molecular weight is 195 g/mol. The molecule has 3 heteroatoms. The van der Waals surface area contributed by atoms with Gasteiger partial charge in [-0.25, -0.2) is 0 Å². The highest BCUT2D eigenvalue weighted by atomic mass is 32.1. The molecule has 1 heterocycles. The summed E-state index contributed by atoms with van der Waals surface area (Å²) in [6.45, 7) is 3.98. The van der Waals surface area contributed by atoms with E-state index < -0.39 is 0 Å². The molecular weight excluding hydrogens is 182 g/mol. The molecule has 70 valence electrons. The first-order valence-electron chi connectivity index (χ1n) is 4.28. The van der Waals surface area contributed by atoms with Crippen LogP contribution < -0.4 is 0 Å². The van der Waals surface area contributed by atoms with E-state index in [0.29, 0.717) is 0 Å². The SMILES string of the molecule is CC(C)C(C=Cc1cccs1)N=O. The monoisotopic (exact) mass is 195 g/mol. The lowest BCUT2D eigenvalue weighted by atomic mass is 10.1. The van der Waals surface area contributed by atoms with E-state index in [1.165, 1.54) is 0 Å². The third kappa shape index (κ3) is 3.11. The summed E-state index contributed by atoms with van der Waals surface area (Å²) in [5, 5.41) is 5.07. The summed E-state index contributed by atoms with van der Waals surface area (Å²) >= 11 is 1.66. The molecule has 0 saturated heterocycles. The minimum absolute atomic E-state index is 0.206. The number of nitroso groups, excluding NO2 is 1. The number of rotatable bonds is 4. The Labute approximate surface area is 82.3 Å². The molecule has 13 heavy (non-hydrogen) atoms. The van der Waals surface area contributed by atoms with Gasteiger partial charge in [-0.2, -0.15) is 4.91 Å². The van der Waals surface area contributed by atoms with Crippen molar-refractivity contribution in [3.05, 3.63) is 33.4 Å². The Bertz CT molecular complexity index is 277. The largest absolute Gasteiger partial charge is 0.150 e. The van der Waals surface area contributed by atoms with Crippen LogP contribution in [0.2, 0.25) is 0 Å². The smallest absolute Gasteiger partial charge is 0.113 e. The number of hydrogen-bond donors (Lipinski definition) is 0. The zero-order chi connectivity index (χ0) is 9.68. The lowest BCUT2D eigenvalue weighted by molar-refractivity contribution is 0.571. The van der Waals surface area contributed by atoms with Gasteiger partial charge in [0, 0.05) is 4.88 Å². The van der Waals surface area contributed by atoms with Gasteiger partial charge in [-0.3, -0.25) is 0 Å². The van der Waals surface area contributed by atoms with Crippen molar-refractivity contribution < 1.29 is 0 Å². The first-order chi connectivity index (χ1) is 6.24. The van der Waals surface area contributed by atoms with Gasteiger partial charge in [-0.15, -0.1) is 11.3 Å². The number of nitrogens with zero attached hydrogens (tertiary/aromatic N) is 1. The van der Waals surface area contributed by atoms with Crippen molar-refractivity contribution in [1.82, 2.24) is 0 Å². The summed E-state index contributed by atoms with van der Waals surface area (Å²) in [6.07, 6.45) is 3.82. The zero-order valence-electron chi connectivity index (χ0n) is 7.81. The molecule has 0 fully saturated rings. The minimum atomic E-state index is -0.206. The molecule has 0 spiro atoms. The summed E-state index contributed by atoms with van der Waals surface area (Å²) in [6, 6.07) is 3.80. The second-order valence-electron chi connectivity index (χ2n) is 3.21.